The Morgan fingerprint density at radius 2 is 2.08 bits per heavy atom. The van der Waals surface area contributed by atoms with Crippen molar-refractivity contribution < 1.29 is 4.74 Å². The van der Waals surface area contributed by atoms with Crippen molar-refractivity contribution in [1.82, 2.24) is 4.90 Å². The van der Waals surface area contributed by atoms with Crippen LogP contribution in [0, 0.1) is 11.3 Å². The molecule has 0 saturated carbocycles. The summed E-state index contributed by atoms with van der Waals surface area (Å²) in [6, 6.07) is 6.05. The summed E-state index contributed by atoms with van der Waals surface area (Å²) < 4.78 is 5.60. The minimum absolute atomic E-state index is 0.159. The molecule has 2 atom stereocenters. The van der Waals surface area contributed by atoms with Gasteiger partial charge in [-0.05, 0) is 56.5 Å². The van der Waals surface area contributed by atoms with Crippen molar-refractivity contribution >= 4 is 17.8 Å². The van der Waals surface area contributed by atoms with Crippen molar-refractivity contribution in [1.29, 1.82) is 0 Å². The van der Waals surface area contributed by atoms with Crippen LogP contribution < -0.4 is 16.2 Å². The van der Waals surface area contributed by atoms with Crippen LogP contribution in [0.4, 0.5) is 0 Å². The first-order valence-corrected chi connectivity index (χ1v) is 9.71. The van der Waals surface area contributed by atoms with Crippen molar-refractivity contribution in [3.8, 4) is 5.75 Å². The molecule has 1 saturated heterocycles. The Hall–Kier alpha value is -1.56. The van der Waals surface area contributed by atoms with Crippen LogP contribution in [0.2, 0.25) is 5.02 Å². The Bertz CT molecular complexity index is 697. The van der Waals surface area contributed by atoms with E-state index in [2.05, 4.69) is 35.0 Å². The number of hydrogen-bond donors (Lipinski definition) is 2. The summed E-state index contributed by atoms with van der Waals surface area (Å²) in [5.74, 6) is 1.26. The molecule has 142 valence electrons. The van der Waals surface area contributed by atoms with Crippen LogP contribution in [0.1, 0.15) is 32.3 Å². The molecule has 2 heterocycles. The SMILES string of the molecule is CCOc1cc(CN2CCC(C3(C)C=C(N)C=NC3N)CC2)ccc1Cl. The molecule has 5 nitrogen and oxygen atoms in total. The highest BCUT2D eigenvalue weighted by Gasteiger charge is 2.40. The third-order valence-corrected chi connectivity index (χ3v) is 5.98. The van der Waals surface area contributed by atoms with E-state index >= 15 is 0 Å². The van der Waals surface area contributed by atoms with Crippen LogP contribution in [0.5, 0.6) is 5.75 Å². The van der Waals surface area contributed by atoms with Gasteiger partial charge >= 0.3 is 0 Å². The Morgan fingerprint density at radius 1 is 1.35 bits per heavy atom. The number of dihydropyridines is 1. The first kappa shape index (κ1) is 19.2. The number of benzene rings is 1. The van der Waals surface area contributed by atoms with E-state index in [0.717, 1.165) is 43.9 Å². The van der Waals surface area contributed by atoms with Gasteiger partial charge in [0.2, 0.25) is 0 Å². The molecule has 0 amide bonds. The van der Waals surface area contributed by atoms with E-state index in [0.29, 0.717) is 17.5 Å². The standard InChI is InChI=1S/C20H29ClN4O/c1-3-26-18-10-14(4-5-17(18)21)13-25-8-6-15(7-9-25)20(2)11-16(22)12-24-19(20)23/h4-5,10-12,15,19H,3,6-9,13,22-23H2,1-2H3. The summed E-state index contributed by atoms with van der Waals surface area (Å²) in [7, 11) is 0. The van der Waals surface area contributed by atoms with Crippen molar-refractivity contribution in [2.45, 2.75) is 39.4 Å². The van der Waals surface area contributed by atoms with Crippen LogP contribution in [-0.4, -0.2) is 37.0 Å². The number of likely N-dealkylation sites (tertiary alicyclic amines) is 1. The van der Waals surface area contributed by atoms with Gasteiger partial charge in [0.15, 0.2) is 0 Å². The molecule has 26 heavy (non-hydrogen) atoms. The van der Waals surface area contributed by atoms with Gasteiger partial charge in [0.1, 0.15) is 11.9 Å². The molecule has 0 aliphatic carbocycles. The first-order valence-electron chi connectivity index (χ1n) is 9.33. The highest BCUT2D eigenvalue weighted by Crippen LogP contribution is 2.41. The average Bonchev–Trinajstić information content (AvgIpc) is 2.62. The Morgan fingerprint density at radius 3 is 2.77 bits per heavy atom. The van der Waals surface area contributed by atoms with Crippen molar-refractivity contribution in [2.75, 3.05) is 19.7 Å². The molecule has 0 radical (unpaired) electrons. The number of hydrogen-bond acceptors (Lipinski definition) is 5. The summed E-state index contributed by atoms with van der Waals surface area (Å²) >= 11 is 6.19. The van der Waals surface area contributed by atoms with Crippen molar-refractivity contribution in [2.24, 2.45) is 27.8 Å². The van der Waals surface area contributed by atoms with Crippen LogP contribution in [0.3, 0.4) is 0 Å². The van der Waals surface area contributed by atoms with Gasteiger partial charge in [-0.25, -0.2) is 0 Å². The average molecular weight is 377 g/mol. The predicted octanol–water partition coefficient (Wildman–Crippen LogP) is 3.17. The summed E-state index contributed by atoms with van der Waals surface area (Å²) in [6.07, 6.45) is 5.76. The number of aliphatic imine (C=N–C) groups is 1. The Kier molecular flexibility index (Phi) is 5.90. The van der Waals surface area contributed by atoms with E-state index in [9.17, 15) is 0 Å². The molecule has 0 bridgehead atoms. The van der Waals surface area contributed by atoms with Crippen LogP contribution in [0.15, 0.2) is 35.0 Å². The minimum atomic E-state index is -0.212. The smallest absolute Gasteiger partial charge is 0.138 e. The molecule has 0 aromatic heterocycles. The highest BCUT2D eigenvalue weighted by atomic mass is 35.5. The van der Waals surface area contributed by atoms with E-state index in [1.165, 1.54) is 5.56 Å². The second kappa shape index (κ2) is 7.99. The second-order valence-corrected chi connectivity index (χ2v) is 7.89. The zero-order valence-electron chi connectivity index (χ0n) is 15.6. The van der Waals surface area contributed by atoms with Gasteiger partial charge in [-0.15, -0.1) is 0 Å². The van der Waals surface area contributed by atoms with Crippen molar-refractivity contribution in [3.63, 3.8) is 0 Å². The van der Waals surface area contributed by atoms with Crippen LogP contribution in [-0.2, 0) is 6.54 Å². The number of nitrogens with two attached hydrogens (primary N) is 2. The molecule has 2 aliphatic heterocycles. The lowest BCUT2D eigenvalue weighted by Crippen LogP contribution is -2.48. The fourth-order valence-electron chi connectivity index (χ4n) is 4.05. The zero-order chi connectivity index (χ0) is 18.7. The molecule has 1 aromatic carbocycles. The summed E-state index contributed by atoms with van der Waals surface area (Å²) in [5.41, 5.74) is 14.1. The van der Waals surface area contributed by atoms with Crippen LogP contribution >= 0.6 is 11.6 Å². The lowest BCUT2D eigenvalue weighted by Gasteiger charge is -2.44. The predicted molar refractivity (Wildman–Crippen MR) is 107 cm³/mol. The molecule has 1 fully saturated rings. The molecular weight excluding hydrogens is 348 g/mol. The molecule has 0 spiro atoms. The third-order valence-electron chi connectivity index (χ3n) is 5.67. The lowest BCUT2D eigenvalue weighted by atomic mass is 9.69. The molecule has 2 aliphatic rings. The largest absolute Gasteiger partial charge is 0.492 e. The topological polar surface area (TPSA) is 76.9 Å². The number of ether oxygens (including phenoxy) is 1. The Balaban J connectivity index is 1.61. The third kappa shape index (κ3) is 4.05. The number of piperidine rings is 1. The normalized spacial score (nSPS) is 27.4. The van der Waals surface area contributed by atoms with Crippen LogP contribution in [0.25, 0.3) is 0 Å². The van der Waals surface area contributed by atoms with Gasteiger partial charge in [0.25, 0.3) is 0 Å². The number of halogens is 1. The molecule has 1 aromatic rings. The minimum Gasteiger partial charge on any atom is -0.492 e. The van der Waals surface area contributed by atoms with Gasteiger partial charge in [-0.2, -0.15) is 0 Å². The van der Waals surface area contributed by atoms with E-state index in [4.69, 9.17) is 27.8 Å². The maximum Gasteiger partial charge on any atom is 0.138 e. The zero-order valence-corrected chi connectivity index (χ0v) is 16.4. The molecule has 4 N–H and O–H groups in total. The summed E-state index contributed by atoms with van der Waals surface area (Å²) in [5, 5.41) is 0.665. The summed E-state index contributed by atoms with van der Waals surface area (Å²) in [4.78, 5) is 6.86. The van der Waals surface area contributed by atoms with Gasteiger partial charge in [0, 0.05) is 23.9 Å². The molecule has 3 rings (SSSR count). The molecule has 6 heteroatoms. The highest BCUT2D eigenvalue weighted by molar-refractivity contribution is 6.32. The number of nitrogens with zero attached hydrogens (tertiary/aromatic N) is 2. The fraction of sp³-hybridized carbons (Fsp3) is 0.550. The molecular formula is C20H29ClN4O. The van der Waals surface area contributed by atoms with E-state index < -0.39 is 0 Å². The lowest BCUT2D eigenvalue weighted by molar-refractivity contribution is 0.0973. The first-order chi connectivity index (χ1) is 12.4. The van der Waals surface area contributed by atoms with E-state index in [-0.39, 0.29) is 11.6 Å². The maximum absolute atomic E-state index is 6.29. The number of allylic oxidation sites excluding steroid dienone is 1. The maximum atomic E-state index is 6.29. The molecule has 2 unspecified atom stereocenters. The Labute approximate surface area is 161 Å². The fourth-order valence-corrected chi connectivity index (χ4v) is 4.22. The number of rotatable bonds is 5. The van der Waals surface area contributed by atoms with Gasteiger partial charge in [0.05, 0.1) is 11.6 Å². The van der Waals surface area contributed by atoms with Gasteiger partial charge < -0.3 is 16.2 Å². The summed E-state index contributed by atoms with van der Waals surface area (Å²) in [6.45, 7) is 7.76. The van der Waals surface area contributed by atoms with Gasteiger partial charge in [-0.3, -0.25) is 9.89 Å². The monoisotopic (exact) mass is 376 g/mol. The van der Waals surface area contributed by atoms with Gasteiger partial charge in [-0.1, -0.05) is 30.7 Å². The van der Waals surface area contributed by atoms with E-state index in [1.54, 1.807) is 6.21 Å². The second-order valence-electron chi connectivity index (χ2n) is 7.48. The van der Waals surface area contributed by atoms with E-state index in [1.807, 2.05) is 13.0 Å². The quantitative estimate of drug-likeness (QED) is 0.827. The van der Waals surface area contributed by atoms with Crippen molar-refractivity contribution in [3.05, 3.63) is 40.6 Å².